The van der Waals surface area contributed by atoms with Crippen molar-refractivity contribution in [3.63, 3.8) is 0 Å². The first-order valence-electron chi connectivity index (χ1n) is 6.19. The van der Waals surface area contributed by atoms with Crippen LogP contribution < -0.4 is 0 Å². The summed E-state index contributed by atoms with van der Waals surface area (Å²) in [6.45, 7) is 0. The van der Waals surface area contributed by atoms with E-state index in [1.54, 1.807) is 0 Å². The van der Waals surface area contributed by atoms with Gasteiger partial charge < -0.3 is 9.47 Å². The van der Waals surface area contributed by atoms with E-state index in [2.05, 4.69) is 9.47 Å². The molecule has 3 aliphatic rings. The third-order valence-corrected chi connectivity index (χ3v) is 4.38. The van der Waals surface area contributed by atoms with E-state index < -0.39 is 35.6 Å². The molecule has 6 heteroatoms. The van der Waals surface area contributed by atoms with E-state index in [0.29, 0.717) is 0 Å². The Labute approximate surface area is 114 Å². The van der Waals surface area contributed by atoms with Crippen LogP contribution in [0.2, 0.25) is 0 Å². The van der Waals surface area contributed by atoms with Gasteiger partial charge in [-0.1, -0.05) is 0 Å². The second-order valence-corrected chi connectivity index (χ2v) is 5.05. The minimum absolute atomic E-state index is 0.179. The Balaban J connectivity index is 2.04. The summed E-state index contributed by atoms with van der Waals surface area (Å²) in [7, 11) is 2.42. The predicted molar refractivity (Wildman–Crippen MR) is 64.2 cm³/mol. The fraction of sp³-hybridized carbons (Fsp3) is 0.429. The van der Waals surface area contributed by atoms with Crippen LogP contribution in [0.4, 0.5) is 0 Å². The minimum Gasteiger partial charge on any atom is -0.466 e. The van der Waals surface area contributed by atoms with Gasteiger partial charge in [0.1, 0.15) is 0 Å². The molecule has 0 N–H and O–H groups in total. The third-order valence-electron chi connectivity index (χ3n) is 4.38. The van der Waals surface area contributed by atoms with Gasteiger partial charge in [-0.05, 0) is 12.2 Å². The molecule has 0 heterocycles. The van der Waals surface area contributed by atoms with Gasteiger partial charge in [-0.25, -0.2) is 9.59 Å². The minimum atomic E-state index is -0.639. The number of ether oxygens (including phenoxy) is 2. The van der Waals surface area contributed by atoms with Crippen LogP contribution in [-0.2, 0) is 28.7 Å². The Kier molecular flexibility index (Phi) is 2.64. The fourth-order valence-electron chi connectivity index (χ4n) is 3.54. The first-order valence-corrected chi connectivity index (χ1v) is 6.19. The Morgan fingerprint density at radius 3 is 1.45 bits per heavy atom. The summed E-state index contributed by atoms with van der Waals surface area (Å²) in [6, 6.07) is 0. The van der Waals surface area contributed by atoms with Crippen molar-refractivity contribution in [1.82, 2.24) is 0 Å². The topological polar surface area (TPSA) is 86.7 Å². The number of hydrogen-bond acceptors (Lipinski definition) is 6. The number of esters is 2. The highest BCUT2D eigenvalue weighted by atomic mass is 16.5. The van der Waals surface area contributed by atoms with Gasteiger partial charge in [0, 0.05) is 23.7 Å². The molecule has 6 nitrogen and oxygen atoms in total. The molecule has 1 saturated carbocycles. The summed E-state index contributed by atoms with van der Waals surface area (Å²) >= 11 is 0. The summed E-state index contributed by atoms with van der Waals surface area (Å²) in [6.07, 6.45) is 2.48. The zero-order valence-electron chi connectivity index (χ0n) is 10.9. The highest BCUT2D eigenvalue weighted by molar-refractivity contribution is 6.14. The van der Waals surface area contributed by atoms with Gasteiger partial charge in [0.2, 0.25) is 0 Å². The van der Waals surface area contributed by atoms with Crippen molar-refractivity contribution in [2.75, 3.05) is 14.2 Å². The predicted octanol–water partition coefficient (Wildman–Crippen LogP) is -0.171. The van der Waals surface area contributed by atoms with E-state index in [0.717, 1.165) is 0 Å². The number of carbonyl (C=O) groups excluding carboxylic acids is 4. The Hall–Kier alpha value is -2.24. The second-order valence-electron chi connectivity index (χ2n) is 5.05. The zero-order valence-corrected chi connectivity index (χ0v) is 10.9. The van der Waals surface area contributed by atoms with E-state index in [1.807, 2.05) is 0 Å². The van der Waals surface area contributed by atoms with E-state index >= 15 is 0 Å². The normalized spacial score (nSPS) is 33.7. The molecule has 0 unspecified atom stereocenters. The van der Waals surface area contributed by atoms with Gasteiger partial charge in [-0.2, -0.15) is 0 Å². The fourth-order valence-corrected chi connectivity index (χ4v) is 3.54. The molecule has 0 bridgehead atoms. The number of methoxy groups -OCH3 is 2. The molecule has 4 atom stereocenters. The first kappa shape index (κ1) is 12.8. The van der Waals surface area contributed by atoms with Crippen LogP contribution in [0.15, 0.2) is 23.3 Å². The van der Waals surface area contributed by atoms with Crippen LogP contribution in [0, 0.1) is 23.7 Å². The number of allylic oxidation sites excluding steroid dienone is 2. The first-order chi connectivity index (χ1) is 9.52. The van der Waals surface area contributed by atoms with Crippen LogP contribution in [0.25, 0.3) is 0 Å². The van der Waals surface area contributed by atoms with Crippen molar-refractivity contribution in [2.45, 2.75) is 0 Å². The summed E-state index contributed by atoms with van der Waals surface area (Å²) in [5.74, 6) is -3.52. The molecular weight excluding hydrogens is 264 g/mol. The van der Waals surface area contributed by atoms with E-state index in [4.69, 9.17) is 0 Å². The largest absolute Gasteiger partial charge is 0.466 e. The molecule has 104 valence electrons. The van der Waals surface area contributed by atoms with Crippen molar-refractivity contribution >= 4 is 23.5 Å². The van der Waals surface area contributed by atoms with Crippen molar-refractivity contribution in [2.24, 2.45) is 23.7 Å². The lowest BCUT2D eigenvalue weighted by molar-refractivity contribution is -0.156. The van der Waals surface area contributed by atoms with E-state index in [9.17, 15) is 19.2 Å². The average Bonchev–Trinajstić information content (AvgIpc) is 2.42. The molecule has 1 fully saturated rings. The molecular formula is C14H12O6. The van der Waals surface area contributed by atoms with E-state index in [-0.39, 0.29) is 22.7 Å². The van der Waals surface area contributed by atoms with Gasteiger partial charge in [0.15, 0.2) is 11.6 Å². The Morgan fingerprint density at radius 2 is 1.15 bits per heavy atom. The van der Waals surface area contributed by atoms with Crippen molar-refractivity contribution in [3.05, 3.63) is 23.3 Å². The summed E-state index contributed by atoms with van der Waals surface area (Å²) in [4.78, 5) is 47.3. The number of carbonyl (C=O) groups is 4. The van der Waals surface area contributed by atoms with Gasteiger partial charge >= 0.3 is 11.9 Å². The Bertz CT molecular complexity index is 559. The van der Waals surface area contributed by atoms with Crippen molar-refractivity contribution in [1.29, 1.82) is 0 Å². The summed E-state index contributed by atoms with van der Waals surface area (Å²) in [5.41, 5.74) is 0.365. The SMILES string of the molecule is COC(=O)C1=C(C(=O)OC)[C@H]2[C@H]3C(=O)C=CC(=O)[C@H]3[C@@H]12. The van der Waals surface area contributed by atoms with Crippen LogP contribution in [0.5, 0.6) is 0 Å². The second kappa shape index (κ2) is 4.13. The molecule has 3 rings (SSSR count). The number of rotatable bonds is 2. The molecule has 20 heavy (non-hydrogen) atoms. The van der Waals surface area contributed by atoms with Crippen molar-refractivity contribution < 1.29 is 28.7 Å². The molecule has 0 spiro atoms. The summed E-state index contributed by atoms with van der Waals surface area (Å²) < 4.78 is 9.31. The lowest BCUT2D eigenvalue weighted by Gasteiger charge is -2.58. The number of hydrogen-bond donors (Lipinski definition) is 0. The van der Waals surface area contributed by atoms with Gasteiger partial charge in [0.25, 0.3) is 0 Å². The lowest BCUT2D eigenvalue weighted by Crippen LogP contribution is -2.63. The zero-order chi connectivity index (χ0) is 14.6. The van der Waals surface area contributed by atoms with E-state index in [1.165, 1.54) is 26.4 Å². The van der Waals surface area contributed by atoms with Gasteiger partial charge in [-0.3, -0.25) is 9.59 Å². The van der Waals surface area contributed by atoms with Crippen molar-refractivity contribution in [3.8, 4) is 0 Å². The molecule has 0 amide bonds. The summed E-state index contributed by atoms with van der Waals surface area (Å²) in [5, 5.41) is 0. The monoisotopic (exact) mass is 276 g/mol. The maximum absolute atomic E-state index is 11.9. The highest BCUT2D eigenvalue weighted by Crippen LogP contribution is 2.63. The van der Waals surface area contributed by atoms with Crippen LogP contribution in [0.1, 0.15) is 0 Å². The van der Waals surface area contributed by atoms with Crippen LogP contribution in [0.3, 0.4) is 0 Å². The standard InChI is InChI=1S/C14H12O6/c1-19-13(17)11-9-7-5(15)3-4-6(16)8(7)10(9)12(11)14(18)20-2/h3-4,7-10H,1-2H3/t7-,8+,9-,10+. The smallest absolute Gasteiger partial charge is 0.334 e. The molecule has 0 aliphatic heterocycles. The van der Waals surface area contributed by atoms with Gasteiger partial charge in [-0.15, -0.1) is 0 Å². The molecule has 0 radical (unpaired) electrons. The number of fused-ring (bicyclic) bond motifs is 4. The number of ketones is 2. The van der Waals surface area contributed by atoms with Crippen LogP contribution >= 0.6 is 0 Å². The molecule has 0 aromatic heterocycles. The third kappa shape index (κ3) is 1.33. The average molecular weight is 276 g/mol. The quantitative estimate of drug-likeness (QED) is 0.651. The molecule has 3 aliphatic carbocycles. The highest BCUT2D eigenvalue weighted by Gasteiger charge is 2.68. The Morgan fingerprint density at radius 1 is 0.800 bits per heavy atom. The molecule has 0 aromatic rings. The van der Waals surface area contributed by atoms with Gasteiger partial charge in [0.05, 0.1) is 25.4 Å². The molecule has 0 aromatic carbocycles. The van der Waals surface area contributed by atoms with Crippen LogP contribution in [-0.4, -0.2) is 37.7 Å². The maximum Gasteiger partial charge on any atom is 0.334 e. The lowest BCUT2D eigenvalue weighted by atomic mass is 9.42. The maximum atomic E-state index is 11.9. The molecule has 0 saturated heterocycles.